The molecule has 0 N–H and O–H groups in total. The van der Waals surface area contributed by atoms with Crippen molar-refractivity contribution in [2.45, 2.75) is 157 Å². The molecule has 2 aliphatic rings. The first-order valence-electron chi connectivity index (χ1n) is 24.4. The summed E-state index contributed by atoms with van der Waals surface area (Å²) in [6, 6.07) is 8.48. The van der Waals surface area contributed by atoms with E-state index in [1.54, 1.807) is 43.4 Å². The molecule has 0 radical (unpaired) electrons. The van der Waals surface area contributed by atoms with E-state index in [-0.39, 0.29) is 70.8 Å². The molecule has 0 aliphatic carbocycles. The van der Waals surface area contributed by atoms with Gasteiger partial charge in [0.25, 0.3) is 0 Å². The second kappa shape index (κ2) is 25.4. The molecule has 4 rings (SSSR count). The zero-order chi connectivity index (χ0) is 48.9. The smallest absolute Gasteiger partial charge is 0.411 e. The molecule has 11 nitrogen and oxygen atoms in total. The number of halogens is 2. The number of nitrogens with zero attached hydrogens (tertiary/aromatic N) is 1. The number of carbonyl (C=O) groups is 3. The summed E-state index contributed by atoms with van der Waals surface area (Å²) in [6.07, 6.45) is 1.87. The highest BCUT2D eigenvalue weighted by atomic mass is 19.1. The maximum Gasteiger partial charge on any atom is 0.411 e. The topological polar surface area (TPSA) is 119 Å². The van der Waals surface area contributed by atoms with Crippen molar-refractivity contribution >= 4 is 18.0 Å². The van der Waals surface area contributed by atoms with Gasteiger partial charge in [0.1, 0.15) is 17.8 Å². The van der Waals surface area contributed by atoms with Crippen LogP contribution in [-0.4, -0.2) is 93.5 Å². The Morgan fingerprint density at radius 1 is 0.667 bits per heavy atom. The van der Waals surface area contributed by atoms with Gasteiger partial charge in [-0.05, 0) is 130 Å². The number of hydrogen-bond donors (Lipinski definition) is 0. The number of carbonyl (C=O) groups excluding carboxylic acids is 3. The monoisotopic (exact) mass is 930 g/mol. The Hall–Kier alpha value is -3.97. The van der Waals surface area contributed by atoms with Gasteiger partial charge in [-0.2, -0.15) is 0 Å². The third-order valence-corrected chi connectivity index (χ3v) is 13.4. The van der Waals surface area contributed by atoms with Crippen molar-refractivity contribution in [2.75, 3.05) is 40.6 Å². The minimum Gasteiger partial charge on any atom is -0.490 e. The molecule has 0 spiro atoms. The molecule has 2 fully saturated rings. The van der Waals surface area contributed by atoms with E-state index in [1.165, 1.54) is 12.1 Å². The lowest BCUT2D eigenvalue weighted by Gasteiger charge is -2.45. The molecule has 0 aromatic heterocycles. The minimum atomic E-state index is -0.902. The summed E-state index contributed by atoms with van der Waals surface area (Å²) in [5, 5.41) is 0. The Kier molecular flexibility index (Phi) is 21.0. The first kappa shape index (κ1) is 54.6. The van der Waals surface area contributed by atoms with Gasteiger partial charge < -0.3 is 33.2 Å². The normalized spacial score (nSPS) is 20.7. The summed E-state index contributed by atoms with van der Waals surface area (Å²) in [5.74, 6) is -2.02. The van der Waals surface area contributed by atoms with Crippen LogP contribution in [0.2, 0.25) is 0 Å². The quantitative estimate of drug-likeness (QED) is 0.0512. The first-order valence-corrected chi connectivity index (χ1v) is 24.4. The van der Waals surface area contributed by atoms with Gasteiger partial charge in [0.2, 0.25) is 0 Å². The van der Waals surface area contributed by atoms with Gasteiger partial charge in [-0.15, -0.1) is 0 Å². The Bertz CT molecular complexity index is 1730. The number of hydrogen-bond acceptors (Lipinski definition) is 10. The highest BCUT2D eigenvalue weighted by molar-refractivity contribution is 5.76. The second-order valence-corrected chi connectivity index (χ2v) is 21.0. The summed E-state index contributed by atoms with van der Waals surface area (Å²) < 4.78 is 71.3. The van der Waals surface area contributed by atoms with Crippen LogP contribution in [0.1, 0.15) is 126 Å². The predicted octanol–water partition coefficient (Wildman–Crippen LogP) is 11.1. The summed E-state index contributed by atoms with van der Waals surface area (Å²) in [4.78, 5) is 44.6. The molecule has 2 saturated heterocycles. The van der Waals surface area contributed by atoms with Crippen molar-refractivity contribution in [3.63, 3.8) is 0 Å². The number of benzene rings is 2. The standard InChI is InChI=1S/C53H81F2NO10/c1-32(2)38(24-36-16-18-42(54)46(26-36)62-22-14-20-60-12)28-44(48-30-40(34(5)6)50(57)64-48)56(52(59)66-53(9,10)11)45(49-31-41(35(7)8)51(58)65-49)29-39(33(3)4)25-37-17-19-43(55)47(27-37)63-23-15-21-61-13/h16-19,26-27,32-35,38-41,44-45,48-49H,14-15,20-25,28-31H2,1-13H3. The summed E-state index contributed by atoms with van der Waals surface area (Å²) in [7, 11) is 3.22. The Labute approximate surface area is 394 Å². The molecule has 2 aromatic rings. The fourth-order valence-electron chi connectivity index (χ4n) is 9.29. The van der Waals surface area contributed by atoms with Crippen molar-refractivity contribution in [2.24, 2.45) is 47.3 Å². The number of ether oxygens (including phenoxy) is 7. The van der Waals surface area contributed by atoms with Gasteiger partial charge in [-0.1, -0.05) is 67.5 Å². The van der Waals surface area contributed by atoms with Gasteiger partial charge in [0, 0.05) is 40.3 Å². The molecule has 8 unspecified atom stereocenters. The van der Waals surface area contributed by atoms with Gasteiger partial charge in [0.15, 0.2) is 23.1 Å². The van der Waals surface area contributed by atoms with E-state index in [9.17, 15) is 9.59 Å². The molecule has 8 atom stereocenters. The van der Waals surface area contributed by atoms with Crippen molar-refractivity contribution in [1.29, 1.82) is 0 Å². The lowest BCUT2D eigenvalue weighted by molar-refractivity contribution is -0.150. The van der Waals surface area contributed by atoms with E-state index in [0.717, 1.165) is 11.1 Å². The van der Waals surface area contributed by atoms with Crippen molar-refractivity contribution in [3.05, 3.63) is 59.2 Å². The van der Waals surface area contributed by atoms with Crippen LogP contribution in [0, 0.1) is 59.0 Å². The first-order chi connectivity index (χ1) is 31.1. The molecule has 1 amide bonds. The molecule has 13 heteroatoms. The van der Waals surface area contributed by atoms with E-state index in [1.807, 2.05) is 48.5 Å². The average molecular weight is 930 g/mol. The van der Waals surface area contributed by atoms with Crippen LogP contribution in [-0.2, 0) is 46.1 Å². The molecule has 2 heterocycles. The highest BCUT2D eigenvalue weighted by Crippen LogP contribution is 2.42. The molecule has 2 aliphatic heterocycles. The number of amides is 1. The number of methoxy groups -OCH3 is 2. The van der Waals surface area contributed by atoms with Crippen molar-refractivity contribution < 1.29 is 56.3 Å². The molecule has 372 valence electrons. The van der Waals surface area contributed by atoms with Crippen LogP contribution >= 0.6 is 0 Å². The SMILES string of the molecule is COCCCOc1cc(CC(CC(C2CC(C(C)C)C(=O)O2)N(C(=O)OC(C)(C)C)C(CC(Cc2ccc(F)c(OCCCOC)c2)C(C)C)C2CC(C(C)C)C(=O)O2)C(C)C)ccc1F. The third-order valence-electron chi connectivity index (χ3n) is 13.4. The van der Waals surface area contributed by atoms with Crippen LogP contribution in [0.15, 0.2) is 36.4 Å². The lowest BCUT2D eigenvalue weighted by Crippen LogP contribution is -2.58. The molecule has 0 bridgehead atoms. The van der Waals surface area contributed by atoms with Crippen LogP contribution in [0.4, 0.5) is 13.6 Å². The maximum absolute atomic E-state index is 15.3. The highest BCUT2D eigenvalue weighted by Gasteiger charge is 2.51. The van der Waals surface area contributed by atoms with Gasteiger partial charge in [-0.3, -0.25) is 14.5 Å². The summed E-state index contributed by atoms with van der Waals surface area (Å²) in [6.45, 7) is 23.5. The number of cyclic esters (lactones) is 2. The molecule has 66 heavy (non-hydrogen) atoms. The average Bonchev–Trinajstić information content (AvgIpc) is 3.83. The fraction of sp³-hybridized carbons (Fsp3) is 0.717. The lowest BCUT2D eigenvalue weighted by atomic mass is 9.78. The van der Waals surface area contributed by atoms with Crippen LogP contribution in [0.3, 0.4) is 0 Å². The largest absolute Gasteiger partial charge is 0.490 e. The van der Waals surface area contributed by atoms with Crippen LogP contribution in [0.25, 0.3) is 0 Å². The van der Waals surface area contributed by atoms with E-state index < -0.39 is 47.6 Å². The van der Waals surface area contributed by atoms with E-state index in [0.29, 0.717) is 77.8 Å². The fourth-order valence-corrected chi connectivity index (χ4v) is 9.29. The second-order valence-electron chi connectivity index (χ2n) is 21.0. The summed E-state index contributed by atoms with van der Waals surface area (Å²) >= 11 is 0. The van der Waals surface area contributed by atoms with Crippen LogP contribution < -0.4 is 9.47 Å². The zero-order valence-corrected chi connectivity index (χ0v) is 42.2. The van der Waals surface area contributed by atoms with E-state index in [2.05, 4.69) is 27.7 Å². The zero-order valence-electron chi connectivity index (χ0n) is 42.2. The van der Waals surface area contributed by atoms with Gasteiger partial charge >= 0.3 is 18.0 Å². The predicted molar refractivity (Wildman–Crippen MR) is 251 cm³/mol. The molecular formula is C53H81F2NO10. The van der Waals surface area contributed by atoms with Gasteiger partial charge in [-0.25, -0.2) is 13.6 Å². The third kappa shape index (κ3) is 15.8. The molecule has 0 saturated carbocycles. The van der Waals surface area contributed by atoms with E-state index >= 15 is 13.6 Å². The Balaban J connectivity index is 1.87. The van der Waals surface area contributed by atoms with Crippen molar-refractivity contribution in [1.82, 2.24) is 4.90 Å². The van der Waals surface area contributed by atoms with Gasteiger partial charge in [0.05, 0.1) is 37.1 Å². The van der Waals surface area contributed by atoms with E-state index in [4.69, 9.17) is 33.2 Å². The maximum atomic E-state index is 15.3. The Morgan fingerprint density at radius 3 is 1.38 bits per heavy atom. The molecule has 2 aromatic carbocycles. The minimum absolute atomic E-state index is 0.00573. The molecular weight excluding hydrogens is 849 g/mol. The summed E-state index contributed by atoms with van der Waals surface area (Å²) in [5.41, 5.74) is 0.829. The number of rotatable bonds is 26. The van der Waals surface area contributed by atoms with Crippen molar-refractivity contribution in [3.8, 4) is 11.5 Å². The van der Waals surface area contributed by atoms with Crippen LogP contribution in [0.5, 0.6) is 11.5 Å². The Morgan fingerprint density at radius 2 is 1.06 bits per heavy atom. The number of esters is 2.